The summed E-state index contributed by atoms with van der Waals surface area (Å²) in [6.07, 6.45) is 6.73. The first kappa shape index (κ1) is 15.6. The van der Waals surface area contributed by atoms with E-state index in [-0.39, 0.29) is 23.7 Å². The first-order valence-corrected chi connectivity index (χ1v) is 9.81. The fourth-order valence-electron chi connectivity index (χ4n) is 5.87. The molecule has 2 saturated carbocycles. The smallest absolute Gasteiger partial charge is 0.238 e. The first-order valence-electron chi connectivity index (χ1n) is 9.43. The lowest BCUT2D eigenvalue weighted by atomic mass is 9.66. The summed E-state index contributed by atoms with van der Waals surface area (Å²) in [5, 5.41) is 0.606. The van der Waals surface area contributed by atoms with Crippen molar-refractivity contribution in [1.29, 1.82) is 0 Å². The van der Waals surface area contributed by atoms with Crippen LogP contribution in [0.3, 0.4) is 0 Å². The van der Waals surface area contributed by atoms with Crippen LogP contribution in [0.15, 0.2) is 29.3 Å². The minimum atomic E-state index is -0.142. The van der Waals surface area contributed by atoms with E-state index in [9.17, 15) is 9.59 Å². The Bertz CT molecular complexity index is 785. The molecule has 3 nitrogen and oxygen atoms in total. The number of fused-ring (bicyclic) bond motifs is 5. The maximum absolute atomic E-state index is 13.3. The summed E-state index contributed by atoms with van der Waals surface area (Å²) >= 11 is 6.26. The third-order valence-corrected chi connectivity index (χ3v) is 7.32. The van der Waals surface area contributed by atoms with Gasteiger partial charge in [-0.05, 0) is 75.0 Å². The molecule has 1 aromatic carbocycles. The second-order valence-electron chi connectivity index (χ2n) is 8.04. The number of carbonyl (C=O) groups is 2. The van der Waals surface area contributed by atoms with Crippen molar-refractivity contribution >= 4 is 29.1 Å². The third-order valence-electron chi connectivity index (χ3n) is 6.91. The Balaban J connectivity index is 1.60. The van der Waals surface area contributed by atoms with Crippen molar-refractivity contribution in [2.24, 2.45) is 23.7 Å². The third kappa shape index (κ3) is 2.05. The molecule has 130 valence electrons. The van der Waals surface area contributed by atoms with Gasteiger partial charge in [0.1, 0.15) is 0 Å². The van der Waals surface area contributed by atoms with Crippen molar-refractivity contribution in [2.45, 2.75) is 45.4 Å². The maximum atomic E-state index is 13.3. The Kier molecular flexibility index (Phi) is 3.40. The standard InChI is InChI=1S/C21H22ClNO2/c1-11-8-9-12(10-17(11)22)23-20(24)18-15-6-2-4-13(15)14-5-3-7-16(14)19(18)21(23)25/h8-10,15-16,18-19H,2-7H2,1H3/t15-,16-,18-,19+/m0/s1. The summed E-state index contributed by atoms with van der Waals surface area (Å²) < 4.78 is 0. The van der Waals surface area contributed by atoms with Gasteiger partial charge in [0.25, 0.3) is 0 Å². The molecule has 25 heavy (non-hydrogen) atoms. The Labute approximate surface area is 153 Å². The number of hydrogen-bond acceptors (Lipinski definition) is 2. The van der Waals surface area contributed by atoms with Crippen molar-refractivity contribution in [3.63, 3.8) is 0 Å². The molecule has 1 aromatic rings. The van der Waals surface area contributed by atoms with Crippen molar-refractivity contribution in [2.75, 3.05) is 4.90 Å². The highest BCUT2D eigenvalue weighted by molar-refractivity contribution is 6.32. The largest absolute Gasteiger partial charge is 0.274 e. The van der Waals surface area contributed by atoms with E-state index in [0.717, 1.165) is 44.1 Å². The van der Waals surface area contributed by atoms with Gasteiger partial charge in [0.2, 0.25) is 11.8 Å². The molecule has 0 spiro atoms. The van der Waals surface area contributed by atoms with Crippen LogP contribution in [-0.2, 0) is 9.59 Å². The quantitative estimate of drug-likeness (QED) is 0.542. The molecule has 1 heterocycles. The van der Waals surface area contributed by atoms with E-state index < -0.39 is 0 Å². The number of anilines is 1. The molecule has 0 radical (unpaired) electrons. The number of allylic oxidation sites excluding steroid dienone is 2. The predicted octanol–water partition coefficient (Wildman–Crippen LogP) is 4.66. The summed E-state index contributed by atoms with van der Waals surface area (Å²) in [5.41, 5.74) is 4.67. The fraction of sp³-hybridized carbons (Fsp3) is 0.524. The van der Waals surface area contributed by atoms with Crippen LogP contribution in [0.25, 0.3) is 0 Å². The van der Waals surface area contributed by atoms with Crippen LogP contribution >= 0.6 is 11.6 Å². The number of rotatable bonds is 1. The van der Waals surface area contributed by atoms with Gasteiger partial charge in [0.15, 0.2) is 0 Å². The van der Waals surface area contributed by atoms with Crippen LogP contribution in [0.4, 0.5) is 5.69 Å². The van der Waals surface area contributed by atoms with E-state index in [1.807, 2.05) is 19.1 Å². The normalized spacial score (nSPS) is 33.8. The monoisotopic (exact) mass is 355 g/mol. The molecule has 0 aromatic heterocycles. The molecule has 2 amide bonds. The second-order valence-corrected chi connectivity index (χ2v) is 8.45. The van der Waals surface area contributed by atoms with Crippen molar-refractivity contribution in [3.8, 4) is 0 Å². The summed E-state index contributed by atoms with van der Waals surface area (Å²) in [6, 6.07) is 5.51. The number of halogens is 1. The Morgan fingerprint density at radius 1 is 0.960 bits per heavy atom. The molecule has 0 N–H and O–H groups in total. The molecule has 4 aliphatic rings. The van der Waals surface area contributed by atoms with E-state index >= 15 is 0 Å². The molecule has 0 unspecified atom stereocenters. The number of amides is 2. The highest BCUT2D eigenvalue weighted by Gasteiger charge is 2.59. The fourth-order valence-corrected chi connectivity index (χ4v) is 6.04. The minimum absolute atomic E-state index is 0.00488. The van der Waals surface area contributed by atoms with E-state index in [0.29, 0.717) is 22.5 Å². The number of aryl methyl sites for hydroxylation is 1. The highest BCUT2D eigenvalue weighted by atomic mass is 35.5. The van der Waals surface area contributed by atoms with Crippen LogP contribution in [0.2, 0.25) is 5.02 Å². The van der Waals surface area contributed by atoms with Crippen molar-refractivity contribution < 1.29 is 9.59 Å². The lowest BCUT2D eigenvalue weighted by molar-refractivity contribution is -0.122. The van der Waals surface area contributed by atoms with E-state index in [2.05, 4.69) is 0 Å². The second kappa shape index (κ2) is 5.44. The Hall–Kier alpha value is -1.61. The summed E-state index contributed by atoms with van der Waals surface area (Å²) in [6.45, 7) is 1.93. The maximum Gasteiger partial charge on any atom is 0.238 e. The molecule has 4 atom stereocenters. The summed E-state index contributed by atoms with van der Waals surface area (Å²) in [5.74, 6) is 0.331. The number of imide groups is 1. The molecule has 5 rings (SSSR count). The topological polar surface area (TPSA) is 37.4 Å². The number of carbonyl (C=O) groups excluding carboxylic acids is 2. The van der Waals surface area contributed by atoms with Crippen LogP contribution < -0.4 is 4.90 Å². The molecule has 1 saturated heterocycles. The van der Waals surface area contributed by atoms with Gasteiger partial charge >= 0.3 is 0 Å². The Morgan fingerprint density at radius 3 is 2.04 bits per heavy atom. The zero-order chi connectivity index (χ0) is 17.3. The van der Waals surface area contributed by atoms with Gasteiger partial charge < -0.3 is 0 Å². The van der Waals surface area contributed by atoms with Crippen molar-refractivity contribution in [3.05, 3.63) is 39.9 Å². The number of hydrogen-bond donors (Lipinski definition) is 0. The van der Waals surface area contributed by atoms with Crippen LogP contribution in [0.5, 0.6) is 0 Å². The van der Waals surface area contributed by atoms with Crippen LogP contribution in [0.1, 0.15) is 44.1 Å². The number of benzene rings is 1. The molecule has 4 heteroatoms. The van der Waals surface area contributed by atoms with Gasteiger partial charge in [-0.15, -0.1) is 0 Å². The Morgan fingerprint density at radius 2 is 1.52 bits per heavy atom. The molecule has 3 aliphatic carbocycles. The van der Waals surface area contributed by atoms with E-state index in [1.165, 1.54) is 16.0 Å². The van der Waals surface area contributed by atoms with Crippen LogP contribution in [0, 0.1) is 30.6 Å². The lowest BCUT2D eigenvalue weighted by Crippen LogP contribution is -2.35. The van der Waals surface area contributed by atoms with Crippen LogP contribution in [-0.4, -0.2) is 11.8 Å². The molecule has 1 aliphatic heterocycles. The molecular weight excluding hydrogens is 334 g/mol. The molecule has 3 fully saturated rings. The highest BCUT2D eigenvalue weighted by Crippen LogP contribution is 2.57. The first-order chi connectivity index (χ1) is 12.1. The SMILES string of the molecule is Cc1ccc(N2C(=O)[C@@H]3[C@H](C2=O)[C@H]2CCCC2=C2CCC[C@@H]23)cc1Cl. The van der Waals surface area contributed by atoms with E-state index in [4.69, 9.17) is 11.6 Å². The van der Waals surface area contributed by atoms with E-state index in [1.54, 1.807) is 6.07 Å². The average Bonchev–Trinajstić information content (AvgIpc) is 3.28. The zero-order valence-electron chi connectivity index (χ0n) is 14.4. The molecular formula is C21H22ClNO2. The summed E-state index contributed by atoms with van der Waals surface area (Å²) in [4.78, 5) is 28.1. The van der Waals surface area contributed by atoms with Gasteiger partial charge in [-0.1, -0.05) is 28.8 Å². The molecule has 0 bridgehead atoms. The van der Waals surface area contributed by atoms with Gasteiger partial charge in [0, 0.05) is 5.02 Å². The van der Waals surface area contributed by atoms with Gasteiger partial charge in [-0.3, -0.25) is 9.59 Å². The lowest BCUT2D eigenvalue weighted by Gasteiger charge is -2.34. The number of nitrogens with zero attached hydrogens (tertiary/aromatic N) is 1. The van der Waals surface area contributed by atoms with Gasteiger partial charge in [0.05, 0.1) is 17.5 Å². The van der Waals surface area contributed by atoms with Gasteiger partial charge in [-0.25, -0.2) is 4.90 Å². The van der Waals surface area contributed by atoms with Crippen molar-refractivity contribution in [1.82, 2.24) is 0 Å². The van der Waals surface area contributed by atoms with Gasteiger partial charge in [-0.2, -0.15) is 0 Å². The summed E-state index contributed by atoms with van der Waals surface area (Å²) in [7, 11) is 0. The zero-order valence-corrected chi connectivity index (χ0v) is 15.2. The minimum Gasteiger partial charge on any atom is -0.274 e. The predicted molar refractivity (Wildman–Crippen MR) is 97.4 cm³/mol. The average molecular weight is 356 g/mol.